The number of amides is 1. The quantitative estimate of drug-likeness (QED) is 0.710. The van der Waals surface area contributed by atoms with Gasteiger partial charge in [-0.25, -0.2) is 4.98 Å². The number of hydrogen-bond acceptors (Lipinski definition) is 6. The molecular weight excluding hydrogens is 316 g/mol. The van der Waals surface area contributed by atoms with E-state index < -0.39 is 5.97 Å². The zero-order valence-corrected chi connectivity index (χ0v) is 13.5. The van der Waals surface area contributed by atoms with E-state index in [0.29, 0.717) is 23.9 Å². The van der Waals surface area contributed by atoms with E-state index in [-0.39, 0.29) is 18.7 Å². The van der Waals surface area contributed by atoms with E-state index in [1.807, 2.05) is 31.2 Å². The van der Waals surface area contributed by atoms with E-state index in [4.69, 9.17) is 4.74 Å². The summed E-state index contributed by atoms with van der Waals surface area (Å²) in [4.78, 5) is 26.3. The number of carboxylic acid groups (broad SMARTS) is 1. The number of nitrogens with zero attached hydrogens (tertiary/aromatic N) is 1. The van der Waals surface area contributed by atoms with Crippen molar-refractivity contribution in [3.63, 3.8) is 0 Å². The predicted molar refractivity (Wildman–Crippen MR) is 84.2 cm³/mol. The third-order valence-corrected chi connectivity index (χ3v) is 3.85. The zero-order valence-electron chi connectivity index (χ0n) is 12.7. The molecule has 2 rings (SSSR count). The Kier molecular flexibility index (Phi) is 6.10. The topological polar surface area (TPSA) is 91.3 Å². The van der Waals surface area contributed by atoms with Crippen molar-refractivity contribution in [1.82, 2.24) is 10.3 Å². The minimum atomic E-state index is -1.18. The van der Waals surface area contributed by atoms with Gasteiger partial charge in [-0.3, -0.25) is 4.79 Å². The van der Waals surface area contributed by atoms with Crippen molar-refractivity contribution in [2.45, 2.75) is 19.8 Å². The van der Waals surface area contributed by atoms with Gasteiger partial charge in [0.25, 0.3) is 0 Å². The molecule has 2 aromatic rings. The lowest BCUT2D eigenvalue weighted by atomic mass is 10.2. The summed E-state index contributed by atoms with van der Waals surface area (Å²) in [5.74, 6) is -0.594. The number of aryl methyl sites for hydroxylation is 1. The zero-order chi connectivity index (χ0) is 16.7. The molecule has 0 atom stereocenters. The summed E-state index contributed by atoms with van der Waals surface area (Å²) in [7, 11) is 0. The fourth-order valence-electron chi connectivity index (χ4n) is 1.85. The minimum absolute atomic E-state index is 0.127. The van der Waals surface area contributed by atoms with Crippen LogP contribution in [0, 0.1) is 6.92 Å². The number of carbonyl (C=O) groups excluding carboxylic acids is 2. The Hall–Kier alpha value is -2.41. The average molecular weight is 333 g/mol. The number of nitrogens with one attached hydrogen (secondary N) is 1. The molecule has 1 aromatic heterocycles. The van der Waals surface area contributed by atoms with Crippen molar-refractivity contribution in [1.29, 1.82) is 0 Å². The summed E-state index contributed by atoms with van der Waals surface area (Å²) >= 11 is 1.26. The molecule has 0 fully saturated rings. The maximum absolute atomic E-state index is 11.8. The number of ether oxygens (including phenoxy) is 1. The smallest absolute Gasteiger partial charge is 0.226 e. The van der Waals surface area contributed by atoms with Crippen molar-refractivity contribution in [3.05, 3.63) is 45.9 Å². The molecule has 1 aromatic carbocycles. The number of aromatic nitrogens is 1. The van der Waals surface area contributed by atoms with E-state index in [2.05, 4.69) is 10.3 Å². The van der Waals surface area contributed by atoms with Gasteiger partial charge in [0, 0.05) is 17.8 Å². The standard InChI is InChI=1S/C16H18N2O4S/c1-11-2-4-13(5-3-11)22-7-6-17-14(19)9-15-18-12(10-23-15)8-16(20)21/h2-5,10H,6-9H2,1H3,(H,17,19)(H,20,21)/p-1. The van der Waals surface area contributed by atoms with E-state index >= 15 is 0 Å². The second-order valence-electron chi connectivity index (χ2n) is 4.97. The van der Waals surface area contributed by atoms with Gasteiger partial charge < -0.3 is 20.0 Å². The molecule has 0 aliphatic heterocycles. The molecular formula is C16H17N2O4S-. The molecule has 0 bridgehead atoms. The average Bonchev–Trinajstić information content (AvgIpc) is 2.91. The molecule has 1 amide bonds. The van der Waals surface area contributed by atoms with Crippen LogP contribution < -0.4 is 15.2 Å². The predicted octanol–water partition coefficient (Wildman–Crippen LogP) is 0.482. The fourth-order valence-corrected chi connectivity index (χ4v) is 2.65. The summed E-state index contributed by atoms with van der Waals surface area (Å²) in [6, 6.07) is 7.68. The molecule has 6 nitrogen and oxygen atoms in total. The van der Waals surface area contributed by atoms with Crippen LogP contribution in [-0.4, -0.2) is 30.0 Å². The van der Waals surface area contributed by atoms with Gasteiger partial charge in [0.05, 0.1) is 18.7 Å². The van der Waals surface area contributed by atoms with Gasteiger partial charge in [0.15, 0.2) is 0 Å². The Morgan fingerprint density at radius 2 is 2.00 bits per heavy atom. The maximum atomic E-state index is 11.8. The van der Waals surface area contributed by atoms with Crippen LogP contribution in [-0.2, 0) is 22.4 Å². The number of carboxylic acids is 1. The van der Waals surface area contributed by atoms with Gasteiger partial charge in [-0.15, -0.1) is 11.3 Å². The molecule has 23 heavy (non-hydrogen) atoms. The lowest BCUT2D eigenvalue weighted by Gasteiger charge is -2.07. The second kappa shape index (κ2) is 8.28. The molecule has 1 N–H and O–H groups in total. The van der Waals surface area contributed by atoms with Crippen molar-refractivity contribution in [3.8, 4) is 5.75 Å². The first-order valence-electron chi connectivity index (χ1n) is 7.12. The van der Waals surface area contributed by atoms with E-state index in [9.17, 15) is 14.7 Å². The largest absolute Gasteiger partial charge is 0.550 e. The molecule has 0 aliphatic carbocycles. The number of thiazole rings is 1. The summed E-state index contributed by atoms with van der Waals surface area (Å²) in [6.45, 7) is 2.77. The fraction of sp³-hybridized carbons (Fsp3) is 0.312. The van der Waals surface area contributed by atoms with E-state index in [1.54, 1.807) is 5.38 Å². The Labute approximate surface area is 138 Å². The van der Waals surface area contributed by atoms with Crippen molar-refractivity contribution in [2.24, 2.45) is 0 Å². The molecule has 1 heterocycles. The summed E-state index contributed by atoms with van der Waals surface area (Å²) in [5, 5.41) is 15.4. The van der Waals surface area contributed by atoms with E-state index in [0.717, 1.165) is 11.3 Å². The highest BCUT2D eigenvalue weighted by Gasteiger charge is 2.08. The van der Waals surface area contributed by atoms with Crippen LogP contribution in [0.1, 0.15) is 16.3 Å². The van der Waals surface area contributed by atoms with Crippen LogP contribution in [0.4, 0.5) is 0 Å². The highest BCUT2D eigenvalue weighted by atomic mass is 32.1. The normalized spacial score (nSPS) is 10.3. The Bertz CT molecular complexity index is 667. The molecule has 7 heteroatoms. The minimum Gasteiger partial charge on any atom is -0.550 e. The summed E-state index contributed by atoms with van der Waals surface area (Å²) in [5.41, 5.74) is 1.58. The van der Waals surface area contributed by atoms with Crippen LogP contribution in [0.5, 0.6) is 5.75 Å². The van der Waals surface area contributed by atoms with Gasteiger partial charge in [-0.05, 0) is 19.1 Å². The Morgan fingerprint density at radius 3 is 2.70 bits per heavy atom. The first-order chi connectivity index (χ1) is 11.0. The SMILES string of the molecule is Cc1ccc(OCCNC(=O)Cc2nc(CC(=O)[O-])cs2)cc1. The number of aliphatic carboxylic acids is 1. The Balaban J connectivity index is 1.67. The highest BCUT2D eigenvalue weighted by molar-refractivity contribution is 7.09. The molecule has 0 radical (unpaired) electrons. The number of hydrogen-bond donors (Lipinski definition) is 1. The lowest BCUT2D eigenvalue weighted by molar-refractivity contribution is -0.304. The van der Waals surface area contributed by atoms with Gasteiger partial charge >= 0.3 is 0 Å². The van der Waals surface area contributed by atoms with Gasteiger partial charge in [0.2, 0.25) is 5.91 Å². The van der Waals surface area contributed by atoms with Gasteiger partial charge in [-0.1, -0.05) is 17.7 Å². The van der Waals surface area contributed by atoms with Crippen LogP contribution >= 0.6 is 11.3 Å². The van der Waals surface area contributed by atoms with Crippen LogP contribution in [0.25, 0.3) is 0 Å². The third-order valence-electron chi connectivity index (χ3n) is 2.95. The van der Waals surface area contributed by atoms with Crippen LogP contribution in [0.3, 0.4) is 0 Å². The summed E-state index contributed by atoms with van der Waals surface area (Å²) in [6.07, 6.45) is -0.106. The van der Waals surface area contributed by atoms with E-state index in [1.165, 1.54) is 11.3 Å². The first kappa shape index (κ1) is 17.0. The van der Waals surface area contributed by atoms with Crippen molar-refractivity contribution in [2.75, 3.05) is 13.2 Å². The maximum Gasteiger partial charge on any atom is 0.226 e. The van der Waals surface area contributed by atoms with Crippen LogP contribution in [0.2, 0.25) is 0 Å². The lowest BCUT2D eigenvalue weighted by Crippen LogP contribution is -2.29. The van der Waals surface area contributed by atoms with Crippen molar-refractivity contribution >= 4 is 23.2 Å². The molecule has 0 aliphatic rings. The number of rotatable bonds is 8. The van der Waals surface area contributed by atoms with Gasteiger partial charge in [0.1, 0.15) is 17.4 Å². The third kappa shape index (κ3) is 6.07. The van der Waals surface area contributed by atoms with Gasteiger partial charge in [-0.2, -0.15) is 0 Å². The summed E-state index contributed by atoms with van der Waals surface area (Å²) < 4.78 is 5.51. The second-order valence-corrected chi connectivity index (χ2v) is 5.91. The first-order valence-corrected chi connectivity index (χ1v) is 8.00. The highest BCUT2D eigenvalue weighted by Crippen LogP contribution is 2.11. The molecule has 0 spiro atoms. The monoisotopic (exact) mass is 333 g/mol. The van der Waals surface area contributed by atoms with Crippen molar-refractivity contribution < 1.29 is 19.4 Å². The number of carbonyl (C=O) groups is 2. The van der Waals surface area contributed by atoms with Crippen LogP contribution in [0.15, 0.2) is 29.6 Å². The molecule has 0 unspecified atom stereocenters. The number of benzene rings is 1. The molecule has 122 valence electrons. The molecule has 0 saturated heterocycles. The molecule has 0 saturated carbocycles. The Morgan fingerprint density at radius 1 is 1.26 bits per heavy atom.